The average Bonchev–Trinajstić information content (AvgIpc) is 2.48. The van der Waals surface area contributed by atoms with Crippen LogP contribution in [0.2, 0.25) is 0 Å². The first-order chi connectivity index (χ1) is 10.7. The number of fused-ring (bicyclic) bond motifs is 1. The molecule has 1 fully saturated rings. The fourth-order valence-electron chi connectivity index (χ4n) is 2.95. The van der Waals surface area contributed by atoms with Crippen molar-refractivity contribution in [1.29, 1.82) is 0 Å². The van der Waals surface area contributed by atoms with Crippen molar-refractivity contribution >= 4 is 28.2 Å². The number of carbonyl (C=O) groups excluding carboxylic acids is 1. The zero-order valence-electron chi connectivity index (χ0n) is 12.8. The summed E-state index contributed by atoms with van der Waals surface area (Å²) in [5.74, 6) is -0.106. The van der Waals surface area contributed by atoms with Gasteiger partial charge in [0.2, 0.25) is 0 Å². The van der Waals surface area contributed by atoms with Crippen LogP contribution in [0.4, 0.5) is 11.4 Å². The minimum atomic E-state index is -0.410. The maximum Gasteiger partial charge on any atom is 0.313 e. The number of aromatic nitrogens is 1. The Balaban J connectivity index is 1.84. The Morgan fingerprint density at radius 1 is 1.41 bits per heavy atom. The van der Waals surface area contributed by atoms with Crippen LogP contribution >= 0.6 is 0 Å². The lowest BCUT2D eigenvalue weighted by Crippen LogP contribution is -2.45. The van der Waals surface area contributed by atoms with Gasteiger partial charge < -0.3 is 15.8 Å². The number of hydrogen-bond donors (Lipinski definition) is 2. The molecule has 1 heterocycles. The molecule has 1 aliphatic carbocycles. The first kappa shape index (κ1) is 14.6. The van der Waals surface area contributed by atoms with Gasteiger partial charge in [-0.05, 0) is 25.8 Å². The van der Waals surface area contributed by atoms with Gasteiger partial charge in [0.1, 0.15) is 0 Å². The van der Waals surface area contributed by atoms with Crippen LogP contribution in [0.1, 0.15) is 26.2 Å². The molecule has 3 N–H and O–H groups in total. The first-order valence-electron chi connectivity index (χ1n) is 7.70. The SMILES string of the molecule is CCOC(=O)C1(CNc2c(N)cnc3ccccc23)CCC1. The number of hydrogen-bond acceptors (Lipinski definition) is 5. The number of nitrogens with zero attached hydrogens (tertiary/aromatic N) is 1. The highest BCUT2D eigenvalue weighted by Gasteiger charge is 2.45. The molecule has 1 saturated carbocycles. The maximum absolute atomic E-state index is 12.2. The second kappa shape index (κ2) is 5.83. The lowest BCUT2D eigenvalue weighted by Gasteiger charge is -2.39. The molecule has 22 heavy (non-hydrogen) atoms. The molecule has 0 spiro atoms. The Morgan fingerprint density at radius 3 is 2.86 bits per heavy atom. The third-order valence-corrected chi connectivity index (χ3v) is 4.43. The Labute approximate surface area is 129 Å². The number of ether oxygens (including phenoxy) is 1. The highest BCUT2D eigenvalue weighted by Crippen LogP contribution is 2.43. The monoisotopic (exact) mass is 299 g/mol. The number of nitrogen functional groups attached to an aromatic ring is 1. The van der Waals surface area contributed by atoms with Crippen molar-refractivity contribution in [2.45, 2.75) is 26.2 Å². The van der Waals surface area contributed by atoms with Crippen molar-refractivity contribution in [3.8, 4) is 0 Å². The topological polar surface area (TPSA) is 77.2 Å². The molecule has 2 aromatic rings. The number of nitrogens with one attached hydrogen (secondary N) is 1. The van der Waals surface area contributed by atoms with Crippen LogP contribution in [-0.4, -0.2) is 24.1 Å². The number of para-hydroxylation sites is 1. The highest BCUT2D eigenvalue weighted by molar-refractivity contribution is 5.97. The number of benzene rings is 1. The second-order valence-electron chi connectivity index (χ2n) is 5.81. The van der Waals surface area contributed by atoms with Gasteiger partial charge in [0.05, 0.1) is 35.1 Å². The third-order valence-electron chi connectivity index (χ3n) is 4.43. The third kappa shape index (κ3) is 2.47. The molecule has 116 valence electrons. The molecule has 0 atom stereocenters. The molecule has 0 bridgehead atoms. The van der Waals surface area contributed by atoms with Crippen molar-refractivity contribution in [3.63, 3.8) is 0 Å². The molecule has 0 unspecified atom stereocenters. The minimum absolute atomic E-state index is 0.106. The van der Waals surface area contributed by atoms with E-state index < -0.39 is 5.41 Å². The molecular formula is C17H21N3O2. The van der Waals surface area contributed by atoms with E-state index in [2.05, 4.69) is 10.3 Å². The van der Waals surface area contributed by atoms with Gasteiger partial charge in [-0.2, -0.15) is 0 Å². The lowest BCUT2D eigenvalue weighted by molar-refractivity contribution is -0.159. The first-order valence-corrected chi connectivity index (χ1v) is 7.70. The maximum atomic E-state index is 12.2. The molecule has 0 aliphatic heterocycles. The molecule has 5 nitrogen and oxygen atoms in total. The normalized spacial score (nSPS) is 16.0. The molecule has 1 aliphatic rings. The van der Waals surface area contributed by atoms with E-state index in [0.717, 1.165) is 35.9 Å². The van der Waals surface area contributed by atoms with E-state index in [1.807, 2.05) is 31.2 Å². The average molecular weight is 299 g/mol. The summed E-state index contributed by atoms with van der Waals surface area (Å²) in [5.41, 5.74) is 7.99. The van der Waals surface area contributed by atoms with Crippen LogP contribution in [0.5, 0.6) is 0 Å². The van der Waals surface area contributed by atoms with Gasteiger partial charge >= 0.3 is 5.97 Å². The summed E-state index contributed by atoms with van der Waals surface area (Å²) in [7, 11) is 0. The van der Waals surface area contributed by atoms with E-state index in [9.17, 15) is 4.79 Å². The zero-order chi connectivity index (χ0) is 15.6. The van der Waals surface area contributed by atoms with Gasteiger partial charge in [-0.3, -0.25) is 9.78 Å². The number of pyridine rings is 1. The van der Waals surface area contributed by atoms with Crippen molar-refractivity contribution in [1.82, 2.24) is 4.98 Å². The van der Waals surface area contributed by atoms with Gasteiger partial charge in [-0.25, -0.2) is 0 Å². The largest absolute Gasteiger partial charge is 0.466 e. The van der Waals surface area contributed by atoms with E-state index in [4.69, 9.17) is 10.5 Å². The predicted molar refractivity (Wildman–Crippen MR) is 87.6 cm³/mol. The number of anilines is 2. The molecule has 1 aromatic carbocycles. The fourth-order valence-corrected chi connectivity index (χ4v) is 2.95. The summed E-state index contributed by atoms with van der Waals surface area (Å²) in [4.78, 5) is 16.5. The molecule has 5 heteroatoms. The van der Waals surface area contributed by atoms with Crippen molar-refractivity contribution in [3.05, 3.63) is 30.5 Å². The van der Waals surface area contributed by atoms with Gasteiger partial charge in [-0.1, -0.05) is 24.6 Å². The van der Waals surface area contributed by atoms with Gasteiger partial charge in [-0.15, -0.1) is 0 Å². The number of esters is 1. The number of nitrogens with two attached hydrogens (primary N) is 1. The van der Waals surface area contributed by atoms with E-state index in [1.165, 1.54) is 0 Å². The quantitative estimate of drug-likeness (QED) is 0.830. The van der Waals surface area contributed by atoms with Gasteiger partial charge in [0, 0.05) is 11.9 Å². The van der Waals surface area contributed by atoms with Crippen LogP contribution in [0, 0.1) is 5.41 Å². The summed E-state index contributed by atoms with van der Waals surface area (Å²) < 4.78 is 5.23. The molecule has 0 saturated heterocycles. The Bertz CT molecular complexity index is 695. The van der Waals surface area contributed by atoms with E-state index in [-0.39, 0.29) is 5.97 Å². The summed E-state index contributed by atoms with van der Waals surface area (Å²) in [6.07, 6.45) is 4.44. The number of carbonyl (C=O) groups is 1. The van der Waals surface area contributed by atoms with Crippen LogP contribution in [0.15, 0.2) is 30.5 Å². The summed E-state index contributed by atoms with van der Waals surface area (Å²) >= 11 is 0. The van der Waals surface area contributed by atoms with Crippen LogP contribution in [-0.2, 0) is 9.53 Å². The van der Waals surface area contributed by atoms with E-state index in [0.29, 0.717) is 18.8 Å². The molecular weight excluding hydrogens is 278 g/mol. The molecule has 0 radical (unpaired) electrons. The molecule has 1 aromatic heterocycles. The van der Waals surface area contributed by atoms with E-state index >= 15 is 0 Å². The molecule has 0 amide bonds. The molecule has 3 rings (SSSR count). The summed E-state index contributed by atoms with van der Waals surface area (Å²) in [6.45, 7) is 2.80. The lowest BCUT2D eigenvalue weighted by atomic mass is 9.68. The van der Waals surface area contributed by atoms with Gasteiger partial charge in [0.25, 0.3) is 0 Å². The van der Waals surface area contributed by atoms with Crippen LogP contribution in [0.3, 0.4) is 0 Å². The second-order valence-corrected chi connectivity index (χ2v) is 5.81. The minimum Gasteiger partial charge on any atom is -0.466 e. The fraction of sp³-hybridized carbons (Fsp3) is 0.412. The van der Waals surface area contributed by atoms with Crippen LogP contribution in [0.25, 0.3) is 10.9 Å². The highest BCUT2D eigenvalue weighted by atomic mass is 16.5. The Hall–Kier alpha value is -2.30. The smallest absolute Gasteiger partial charge is 0.313 e. The van der Waals surface area contributed by atoms with Gasteiger partial charge in [0.15, 0.2) is 0 Å². The standard InChI is InChI=1S/C17H21N3O2/c1-2-22-16(21)17(8-5-9-17)11-20-15-12-6-3-4-7-14(12)19-10-13(15)18/h3-4,6-7,10H,2,5,8-9,11,18H2,1H3,(H,19,20). The van der Waals surface area contributed by atoms with Crippen molar-refractivity contribution < 1.29 is 9.53 Å². The Kier molecular flexibility index (Phi) is 3.88. The van der Waals surface area contributed by atoms with Crippen molar-refractivity contribution in [2.24, 2.45) is 5.41 Å². The summed E-state index contributed by atoms with van der Waals surface area (Å²) in [5, 5.41) is 4.35. The van der Waals surface area contributed by atoms with E-state index in [1.54, 1.807) is 6.20 Å². The number of rotatable bonds is 5. The zero-order valence-corrected chi connectivity index (χ0v) is 12.8. The van der Waals surface area contributed by atoms with Crippen molar-refractivity contribution in [2.75, 3.05) is 24.2 Å². The summed E-state index contributed by atoms with van der Waals surface area (Å²) in [6, 6.07) is 7.84. The Morgan fingerprint density at radius 2 is 2.18 bits per heavy atom. The van der Waals surface area contributed by atoms with Crippen LogP contribution < -0.4 is 11.1 Å². The predicted octanol–water partition coefficient (Wildman–Crippen LogP) is 2.96.